The molecule has 0 spiro atoms. The van der Waals surface area contributed by atoms with Gasteiger partial charge in [-0.2, -0.15) is 0 Å². The molecule has 1 aromatic carbocycles. The third-order valence-electron chi connectivity index (χ3n) is 1.91. The number of ketones is 1. The molecule has 1 rings (SSSR count). The second-order valence-corrected chi connectivity index (χ2v) is 2.72. The number of benzene rings is 1. The van der Waals surface area contributed by atoms with E-state index in [1.165, 1.54) is 5.56 Å². The van der Waals surface area contributed by atoms with Crippen LogP contribution in [0.25, 0.3) is 0 Å². The van der Waals surface area contributed by atoms with E-state index in [4.69, 9.17) is 0 Å². The first-order valence-electron chi connectivity index (χ1n) is 4.19. The van der Waals surface area contributed by atoms with E-state index in [-0.39, 0.29) is 26.8 Å². The van der Waals surface area contributed by atoms with E-state index >= 15 is 0 Å². The first-order chi connectivity index (χ1) is 5.77. The van der Waals surface area contributed by atoms with Crippen LogP contribution in [0.3, 0.4) is 0 Å². The molecule has 1 nitrogen and oxygen atoms in total. The molecule has 0 radical (unpaired) electrons. The number of carbonyl (C=O) groups is 1. The molecule has 0 saturated carbocycles. The van der Waals surface area contributed by atoms with Crippen LogP contribution >= 0.6 is 0 Å². The monoisotopic (exact) mass is 345 g/mol. The quantitative estimate of drug-likeness (QED) is 0.608. The van der Waals surface area contributed by atoms with Crippen molar-refractivity contribution in [2.75, 3.05) is 0 Å². The molecule has 1 aromatic rings. The Balaban J connectivity index is 0.00000144. The number of carbonyl (C=O) groups excluding carboxylic acids is 1. The van der Waals surface area contributed by atoms with E-state index in [2.05, 4.69) is 13.8 Å². The summed E-state index contributed by atoms with van der Waals surface area (Å²) in [5, 5.41) is 0. The molecule has 0 bridgehead atoms. The fourth-order valence-electron chi connectivity index (χ4n) is 1.07. The van der Waals surface area contributed by atoms with Crippen LogP contribution in [0.5, 0.6) is 0 Å². The Morgan fingerprint density at radius 1 is 1.31 bits per heavy atom. The van der Waals surface area contributed by atoms with Crippen LogP contribution in [0.1, 0.15) is 29.3 Å². The van der Waals surface area contributed by atoms with Gasteiger partial charge < -0.3 is 6.92 Å². The first-order valence-corrected chi connectivity index (χ1v) is 4.19. The van der Waals surface area contributed by atoms with Crippen molar-refractivity contribution in [3.8, 4) is 0 Å². The fraction of sp³-hybridized carbons (Fsp3) is 0.273. The second kappa shape index (κ2) is 6.10. The molecule has 0 unspecified atom stereocenters. The summed E-state index contributed by atoms with van der Waals surface area (Å²) in [7, 11) is 0. The topological polar surface area (TPSA) is 17.1 Å². The van der Waals surface area contributed by atoms with Crippen molar-refractivity contribution in [3.05, 3.63) is 42.3 Å². The second-order valence-electron chi connectivity index (χ2n) is 2.72. The van der Waals surface area contributed by atoms with Gasteiger partial charge in [0.2, 0.25) is 0 Å². The summed E-state index contributed by atoms with van der Waals surface area (Å²) >= 11 is 0. The Kier molecular flexibility index (Phi) is 5.90. The molecule has 0 saturated heterocycles. The minimum atomic E-state index is 0. The molecular weight excluding hydrogens is 332 g/mol. The largest absolute Gasteiger partial charge is 0.336 e. The fourth-order valence-corrected chi connectivity index (χ4v) is 1.07. The van der Waals surface area contributed by atoms with Crippen molar-refractivity contribution in [3.63, 3.8) is 0 Å². The van der Waals surface area contributed by atoms with Crippen molar-refractivity contribution < 1.29 is 25.9 Å². The van der Waals surface area contributed by atoms with Gasteiger partial charge in [-0.3, -0.25) is 4.79 Å². The van der Waals surface area contributed by atoms with Crippen molar-refractivity contribution in [2.45, 2.75) is 19.8 Å². The molecule has 0 fully saturated rings. The van der Waals surface area contributed by atoms with Crippen molar-refractivity contribution in [1.82, 2.24) is 0 Å². The maximum absolute atomic E-state index is 11.2. The molecule has 0 aliphatic carbocycles. The summed E-state index contributed by atoms with van der Waals surface area (Å²) in [4.78, 5) is 11.2. The standard InChI is InChI=1S/C11H13O.W/c1-3-9-5-7-10(8-6-9)11(12)4-2;/h5-8H,2-4H2,1H3;/q-1;. The van der Waals surface area contributed by atoms with E-state index < -0.39 is 0 Å². The van der Waals surface area contributed by atoms with Crippen LogP contribution in [-0.4, -0.2) is 5.78 Å². The first kappa shape index (κ1) is 12.6. The van der Waals surface area contributed by atoms with Gasteiger partial charge in [0.25, 0.3) is 0 Å². The molecule has 2 heteroatoms. The third kappa shape index (κ3) is 3.44. The zero-order chi connectivity index (χ0) is 8.97. The van der Waals surface area contributed by atoms with Gasteiger partial charge in [-0.15, -0.1) is 6.42 Å². The molecule has 0 amide bonds. The van der Waals surface area contributed by atoms with E-state index in [9.17, 15) is 4.79 Å². The Bertz CT molecular complexity index is 264. The Labute approximate surface area is 93.8 Å². The van der Waals surface area contributed by atoms with Gasteiger partial charge in [0, 0.05) is 26.6 Å². The molecule has 70 valence electrons. The summed E-state index contributed by atoms with van der Waals surface area (Å²) in [5.74, 6) is 0.109. The van der Waals surface area contributed by atoms with Crippen LogP contribution in [0.4, 0.5) is 0 Å². The van der Waals surface area contributed by atoms with Gasteiger partial charge >= 0.3 is 0 Å². The van der Waals surface area contributed by atoms with Gasteiger partial charge in [-0.25, -0.2) is 0 Å². The van der Waals surface area contributed by atoms with Gasteiger partial charge in [0.1, 0.15) is 5.78 Å². The summed E-state index contributed by atoms with van der Waals surface area (Å²) in [6.45, 7) is 5.65. The average Bonchev–Trinajstić information content (AvgIpc) is 2.17. The van der Waals surface area contributed by atoms with Gasteiger partial charge in [-0.05, 0) is 12.0 Å². The van der Waals surface area contributed by atoms with Crippen LogP contribution in [0.15, 0.2) is 24.3 Å². The van der Waals surface area contributed by atoms with Crippen LogP contribution in [0, 0.1) is 6.92 Å². The van der Waals surface area contributed by atoms with Crippen LogP contribution in [0.2, 0.25) is 0 Å². The van der Waals surface area contributed by atoms with Crippen LogP contribution in [-0.2, 0) is 27.5 Å². The third-order valence-corrected chi connectivity index (χ3v) is 1.91. The number of Topliss-reactive ketones (excluding diaryl/α,β-unsaturated/α-hetero) is 1. The summed E-state index contributed by atoms with van der Waals surface area (Å²) in [6, 6.07) is 7.71. The Morgan fingerprint density at radius 2 is 1.85 bits per heavy atom. The number of hydrogen-bond donors (Lipinski definition) is 0. The van der Waals surface area contributed by atoms with Gasteiger partial charge in [0.15, 0.2) is 0 Å². The Hall–Kier alpha value is -0.422. The SMILES string of the molecule is [CH2-]CC(=O)c1ccc(CC)cc1.[W]. The van der Waals surface area contributed by atoms with E-state index in [1.54, 1.807) is 0 Å². The summed E-state index contributed by atoms with van der Waals surface area (Å²) in [5.41, 5.74) is 2.03. The zero-order valence-corrected chi connectivity index (χ0v) is 10.7. The number of hydrogen-bond acceptors (Lipinski definition) is 1. The molecule has 0 aromatic heterocycles. The smallest absolute Gasteiger partial charge is 0.133 e. The molecule has 0 N–H and O–H groups in total. The van der Waals surface area contributed by atoms with E-state index in [1.807, 2.05) is 24.3 Å². The maximum Gasteiger partial charge on any atom is 0.133 e. The van der Waals surface area contributed by atoms with E-state index in [0.29, 0.717) is 6.42 Å². The van der Waals surface area contributed by atoms with E-state index in [0.717, 1.165) is 12.0 Å². The van der Waals surface area contributed by atoms with Crippen molar-refractivity contribution >= 4 is 5.78 Å². The van der Waals surface area contributed by atoms with Crippen molar-refractivity contribution in [1.29, 1.82) is 0 Å². The van der Waals surface area contributed by atoms with Crippen LogP contribution < -0.4 is 0 Å². The van der Waals surface area contributed by atoms with Crippen molar-refractivity contribution in [2.24, 2.45) is 0 Å². The minimum absolute atomic E-state index is 0. The average molecular weight is 345 g/mol. The summed E-state index contributed by atoms with van der Waals surface area (Å²) < 4.78 is 0. The molecule has 0 heterocycles. The summed E-state index contributed by atoms with van der Waals surface area (Å²) in [6.07, 6.45) is 1.35. The maximum atomic E-state index is 11.2. The zero-order valence-electron chi connectivity index (χ0n) is 7.75. The molecule has 0 aliphatic rings. The Morgan fingerprint density at radius 3 is 2.23 bits per heavy atom. The minimum Gasteiger partial charge on any atom is -0.336 e. The molecule has 0 atom stereocenters. The predicted octanol–water partition coefficient (Wildman–Crippen LogP) is 2.65. The number of rotatable bonds is 3. The normalized spacial score (nSPS) is 9.08. The predicted molar refractivity (Wildman–Crippen MR) is 50.1 cm³/mol. The molecular formula is C11H13OW-. The molecule has 0 aliphatic heterocycles. The van der Waals surface area contributed by atoms with Gasteiger partial charge in [-0.1, -0.05) is 31.2 Å². The van der Waals surface area contributed by atoms with Gasteiger partial charge in [0.05, 0.1) is 0 Å². The number of aryl methyl sites for hydroxylation is 1. The molecule has 13 heavy (non-hydrogen) atoms.